The van der Waals surface area contributed by atoms with Gasteiger partial charge in [-0.2, -0.15) is 4.98 Å². The highest BCUT2D eigenvalue weighted by Gasteiger charge is 2.25. The lowest BCUT2D eigenvalue weighted by Gasteiger charge is -2.16. The van der Waals surface area contributed by atoms with Crippen LogP contribution in [0.1, 0.15) is 19.8 Å². The van der Waals surface area contributed by atoms with Gasteiger partial charge in [-0.25, -0.2) is 9.37 Å². The Bertz CT molecular complexity index is 708. The Balaban J connectivity index is 1.61. The predicted molar refractivity (Wildman–Crippen MR) is 87.4 cm³/mol. The number of likely N-dealkylation sites (tertiary alicyclic amines) is 1. The third-order valence-corrected chi connectivity index (χ3v) is 3.84. The van der Waals surface area contributed by atoms with Crippen molar-refractivity contribution in [2.24, 2.45) is 0 Å². The molecule has 1 unspecified atom stereocenters. The zero-order valence-electron chi connectivity index (χ0n) is 13.4. The van der Waals surface area contributed by atoms with Crippen molar-refractivity contribution in [3.63, 3.8) is 0 Å². The molecule has 6 nitrogen and oxygen atoms in total. The molecule has 1 saturated heterocycles. The molecule has 1 aromatic heterocycles. The van der Waals surface area contributed by atoms with Gasteiger partial charge < -0.3 is 15.0 Å². The highest BCUT2D eigenvalue weighted by atomic mass is 19.1. The largest absolute Gasteiger partial charge is 0.439 e. The van der Waals surface area contributed by atoms with Crippen LogP contribution in [0.2, 0.25) is 0 Å². The van der Waals surface area contributed by atoms with Gasteiger partial charge in [-0.3, -0.25) is 4.79 Å². The van der Waals surface area contributed by atoms with Crippen LogP contribution in [0.4, 0.5) is 10.3 Å². The highest BCUT2D eigenvalue weighted by molar-refractivity contribution is 5.76. The van der Waals surface area contributed by atoms with Crippen molar-refractivity contribution in [2.75, 3.05) is 18.4 Å². The van der Waals surface area contributed by atoms with Crippen LogP contribution in [-0.2, 0) is 4.79 Å². The van der Waals surface area contributed by atoms with Gasteiger partial charge in [-0.15, -0.1) is 0 Å². The molecule has 126 valence electrons. The normalized spacial score (nSPS) is 16.9. The summed E-state index contributed by atoms with van der Waals surface area (Å²) in [5.74, 6) is 1.17. The van der Waals surface area contributed by atoms with Gasteiger partial charge in [-0.1, -0.05) is 6.92 Å². The molecule has 0 saturated carbocycles. The van der Waals surface area contributed by atoms with Gasteiger partial charge in [-0.05, 0) is 30.7 Å². The first-order valence-corrected chi connectivity index (χ1v) is 7.95. The van der Waals surface area contributed by atoms with Crippen molar-refractivity contribution in [2.45, 2.75) is 25.8 Å². The molecule has 0 spiro atoms. The number of ether oxygens (including phenoxy) is 1. The fourth-order valence-electron chi connectivity index (χ4n) is 2.60. The highest BCUT2D eigenvalue weighted by Crippen LogP contribution is 2.21. The van der Waals surface area contributed by atoms with E-state index in [9.17, 15) is 9.18 Å². The number of rotatable bonds is 5. The maximum atomic E-state index is 12.9. The monoisotopic (exact) mass is 330 g/mol. The standard InChI is InChI=1S/C17H19FN4O2/c1-2-16(23)22-10-8-13(11-22)20-17-19-9-7-15(21-17)24-14-5-3-12(18)4-6-14/h3-7,9,13H,2,8,10-11H2,1H3,(H,19,20,21). The van der Waals surface area contributed by atoms with Crippen LogP contribution in [0.3, 0.4) is 0 Å². The fourth-order valence-corrected chi connectivity index (χ4v) is 2.60. The number of carbonyl (C=O) groups excluding carboxylic acids is 1. The van der Waals surface area contributed by atoms with Crippen molar-refractivity contribution < 1.29 is 13.9 Å². The van der Waals surface area contributed by atoms with E-state index in [0.29, 0.717) is 30.5 Å². The molecule has 24 heavy (non-hydrogen) atoms. The molecular formula is C17H19FN4O2. The van der Waals surface area contributed by atoms with E-state index >= 15 is 0 Å². The molecule has 1 aliphatic heterocycles. The summed E-state index contributed by atoms with van der Waals surface area (Å²) in [7, 11) is 0. The first-order valence-electron chi connectivity index (χ1n) is 7.95. The summed E-state index contributed by atoms with van der Waals surface area (Å²) in [4.78, 5) is 22.0. The quantitative estimate of drug-likeness (QED) is 0.913. The number of nitrogens with one attached hydrogen (secondary N) is 1. The van der Waals surface area contributed by atoms with Gasteiger partial charge in [0, 0.05) is 37.8 Å². The molecule has 1 aliphatic rings. The maximum Gasteiger partial charge on any atom is 0.226 e. The lowest BCUT2D eigenvalue weighted by atomic mass is 10.3. The molecule has 7 heteroatoms. The van der Waals surface area contributed by atoms with Crippen LogP contribution in [0, 0.1) is 5.82 Å². The molecule has 2 aromatic rings. The van der Waals surface area contributed by atoms with Crippen LogP contribution in [0.25, 0.3) is 0 Å². The summed E-state index contributed by atoms with van der Waals surface area (Å²) in [5, 5.41) is 3.23. The average Bonchev–Trinajstić information content (AvgIpc) is 3.05. The number of amides is 1. The molecule has 0 aliphatic carbocycles. The van der Waals surface area contributed by atoms with Gasteiger partial charge in [0.1, 0.15) is 11.6 Å². The summed E-state index contributed by atoms with van der Waals surface area (Å²) in [6, 6.07) is 7.49. The number of aromatic nitrogens is 2. The van der Waals surface area contributed by atoms with E-state index < -0.39 is 0 Å². The molecular weight excluding hydrogens is 311 g/mol. The number of benzene rings is 1. The van der Waals surface area contributed by atoms with Crippen molar-refractivity contribution in [3.8, 4) is 11.6 Å². The molecule has 2 heterocycles. The predicted octanol–water partition coefficient (Wildman–Crippen LogP) is 2.83. The van der Waals surface area contributed by atoms with Gasteiger partial charge in [0.2, 0.25) is 17.7 Å². The van der Waals surface area contributed by atoms with Gasteiger partial charge >= 0.3 is 0 Å². The van der Waals surface area contributed by atoms with Crippen LogP contribution >= 0.6 is 0 Å². The van der Waals surface area contributed by atoms with Gasteiger partial charge in [0.15, 0.2) is 0 Å². The minimum Gasteiger partial charge on any atom is -0.439 e. The van der Waals surface area contributed by atoms with E-state index in [2.05, 4.69) is 15.3 Å². The number of hydrogen-bond donors (Lipinski definition) is 1. The molecule has 1 fully saturated rings. The minimum atomic E-state index is -0.320. The summed E-state index contributed by atoms with van der Waals surface area (Å²) in [5.41, 5.74) is 0. The van der Waals surface area contributed by atoms with E-state index in [0.717, 1.165) is 13.0 Å². The zero-order chi connectivity index (χ0) is 16.9. The van der Waals surface area contributed by atoms with E-state index in [-0.39, 0.29) is 17.8 Å². The SMILES string of the molecule is CCC(=O)N1CCC(Nc2nccc(Oc3ccc(F)cc3)n2)C1. The fraction of sp³-hybridized carbons (Fsp3) is 0.353. The Hall–Kier alpha value is -2.70. The Morgan fingerprint density at radius 3 is 2.92 bits per heavy atom. The number of anilines is 1. The van der Waals surface area contributed by atoms with Gasteiger partial charge in [0.25, 0.3) is 0 Å². The Kier molecular flexibility index (Phi) is 4.88. The molecule has 1 atom stereocenters. The second-order valence-electron chi connectivity index (χ2n) is 5.60. The van der Waals surface area contributed by atoms with Crippen molar-refractivity contribution in [3.05, 3.63) is 42.3 Å². The third-order valence-electron chi connectivity index (χ3n) is 3.84. The smallest absolute Gasteiger partial charge is 0.226 e. The van der Waals surface area contributed by atoms with Crippen LogP contribution < -0.4 is 10.1 Å². The lowest BCUT2D eigenvalue weighted by molar-refractivity contribution is -0.129. The molecule has 3 rings (SSSR count). The first-order chi connectivity index (χ1) is 11.6. The Labute approximate surface area is 139 Å². The first kappa shape index (κ1) is 16.2. The lowest BCUT2D eigenvalue weighted by Crippen LogP contribution is -2.31. The molecule has 1 amide bonds. The van der Waals surface area contributed by atoms with E-state index in [1.165, 1.54) is 24.3 Å². The van der Waals surface area contributed by atoms with E-state index in [4.69, 9.17) is 4.74 Å². The maximum absolute atomic E-state index is 12.9. The van der Waals surface area contributed by atoms with Crippen molar-refractivity contribution in [1.82, 2.24) is 14.9 Å². The van der Waals surface area contributed by atoms with Gasteiger partial charge in [0.05, 0.1) is 0 Å². The molecule has 0 bridgehead atoms. The summed E-state index contributed by atoms with van der Waals surface area (Å²) < 4.78 is 18.5. The minimum absolute atomic E-state index is 0.126. The summed E-state index contributed by atoms with van der Waals surface area (Å²) >= 11 is 0. The second kappa shape index (κ2) is 7.25. The summed E-state index contributed by atoms with van der Waals surface area (Å²) in [6.45, 7) is 3.26. The topological polar surface area (TPSA) is 67.4 Å². The number of hydrogen-bond acceptors (Lipinski definition) is 5. The van der Waals surface area contributed by atoms with Crippen molar-refractivity contribution >= 4 is 11.9 Å². The van der Waals surface area contributed by atoms with Crippen LogP contribution in [0.15, 0.2) is 36.5 Å². The Morgan fingerprint density at radius 2 is 2.17 bits per heavy atom. The van der Waals surface area contributed by atoms with Crippen LogP contribution in [-0.4, -0.2) is 39.9 Å². The number of halogens is 1. The van der Waals surface area contributed by atoms with Crippen molar-refractivity contribution in [1.29, 1.82) is 0 Å². The number of carbonyl (C=O) groups is 1. The average molecular weight is 330 g/mol. The Morgan fingerprint density at radius 1 is 1.38 bits per heavy atom. The molecule has 1 aromatic carbocycles. The third kappa shape index (κ3) is 3.98. The number of nitrogens with zero attached hydrogens (tertiary/aromatic N) is 3. The van der Waals surface area contributed by atoms with E-state index in [1.807, 2.05) is 11.8 Å². The molecule has 1 N–H and O–H groups in total. The zero-order valence-corrected chi connectivity index (χ0v) is 13.4. The van der Waals surface area contributed by atoms with E-state index in [1.54, 1.807) is 12.3 Å². The van der Waals surface area contributed by atoms with Crippen LogP contribution in [0.5, 0.6) is 11.6 Å². The summed E-state index contributed by atoms with van der Waals surface area (Å²) in [6.07, 6.45) is 2.97. The molecule has 0 radical (unpaired) electrons. The second-order valence-corrected chi connectivity index (χ2v) is 5.60.